The minimum atomic E-state index is -0.143. The number of aldehydes is 1. The smallest absolute Gasteiger partial charge is 0.178 e. The van der Waals surface area contributed by atoms with Gasteiger partial charge in [0.2, 0.25) is 0 Å². The number of ketones is 1. The molecule has 0 fully saturated rings. The third kappa shape index (κ3) is 3.59. The highest BCUT2D eigenvalue weighted by Gasteiger charge is 2.14. The van der Waals surface area contributed by atoms with Gasteiger partial charge in [-0.25, -0.2) is 4.98 Å². The summed E-state index contributed by atoms with van der Waals surface area (Å²) < 4.78 is 5.71. The van der Waals surface area contributed by atoms with E-state index >= 15 is 0 Å². The third-order valence-corrected chi connectivity index (χ3v) is 4.38. The average molecular weight is 353 g/mol. The second-order valence-corrected chi connectivity index (χ2v) is 6.13. The highest BCUT2D eigenvalue weighted by Crippen LogP contribution is 2.29. The first-order valence-electron chi connectivity index (χ1n) is 7.53. The van der Waals surface area contributed by atoms with Crippen molar-refractivity contribution in [3.8, 4) is 22.6 Å². The predicted octanol–water partition coefficient (Wildman–Crippen LogP) is 4.11. The molecular formula is C19H15NO4S. The van der Waals surface area contributed by atoms with E-state index in [9.17, 15) is 14.7 Å². The summed E-state index contributed by atoms with van der Waals surface area (Å²) in [5.41, 5.74) is 2.87. The van der Waals surface area contributed by atoms with Crippen molar-refractivity contribution in [2.75, 3.05) is 0 Å². The molecule has 0 saturated heterocycles. The second-order valence-electron chi connectivity index (χ2n) is 5.35. The lowest BCUT2D eigenvalue weighted by molar-refractivity contribution is 0.101. The molecular weight excluding hydrogens is 338 g/mol. The Morgan fingerprint density at radius 1 is 1.28 bits per heavy atom. The van der Waals surface area contributed by atoms with Crippen LogP contribution >= 0.6 is 11.3 Å². The molecule has 5 nitrogen and oxygen atoms in total. The molecule has 1 N–H and O–H groups in total. The van der Waals surface area contributed by atoms with Crippen LogP contribution in [0.3, 0.4) is 0 Å². The molecule has 0 radical (unpaired) electrons. The van der Waals surface area contributed by atoms with Crippen LogP contribution in [0.4, 0.5) is 0 Å². The number of aromatic hydroxyl groups is 1. The SMILES string of the molecule is CC(=O)c1ccc(-c2ccsc2)c(COc2cccc(O)c2C=O)n1. The Balaban J connectivity index is 1.96. The Morgan fingerprint density at radius 2 is 2.12 bits per heavy atom. The van der Waals surface area contributed by atoms with Crippen molar-refractivity contribution in [1.29, 1.82) is 0 Å². The van der Waals surface area contributed by atoms with Crippen LogP contribution < -0.4 is 4.74 Å². The molecule has 0 unspecified atom stereocenters. The number of benzene rings is 1. The van der Waals surface area contributed by atoms with Gasteiger partial charge in [0.05, 0.1) is 11.3 Å². The summed E-state index contributed by atoms with van der Waals surface area (Å²) in [6.45, 7) is 1.52. The van der Waals surface area contributed by atoms with Gasteiger partial charge in [-0.05, 0) is 40.6 Å². The monoisotopic (exact) mass is 353 g/mol. The molecule has 0 atom stereocenters. The van der Waals surface area contributed by atoms with E-state index in [4.69, 9.17) is 4.74 Å². The fraction of sp³-hybridized carbons (Fsp3) is 0.105. The number of hydrogen-bond donors (Lipinski definition) is 1. The van der Waals surface area contributed by atoms with Crippen LogP contribution in [-0.2, 0) is 6.61 Å². The normalized spacial score (nSPS) is 10.4. The van der Waals surface area contributed by atoms with E-state index in [1.54, 1.807) is 29.5 Å². The summed E-state index contributed by atoms with van der Waals surface area (Å²) in [6.07, 6.45) is 0.546. The van der Waals surface area contributed by atoms with Crippen molar-refractivity contribution in [2.45, 2.75) is 13.5 Å². The summed E-state index contributed by atoms with van der Waals surface area (Å²) in [5, 5.41) is 13.7. The molecule has 0 spiro atoms. The lowest BCUT2D eigenvalue weighted by Gasteiger charge is -2.12. The van der Waals surface area contributed by atoms with Crippen molar-refractivity contribution < 1.29 is 19.4 Å². The highest BCUT2D eigenvalue weighted by atomic mass is 32.1. The summed E-state index contributed by atoms with van der Waals surface area (Å²) >= 11 is 1.56. The van der Waals surface area contributed by atoms with Gasteiger partial charge in [0.1, 0.15) is 23.8 Å². The number of nitrogens with zero attached hydrogens (tertiary/aromatic N) is 1. The number of phenols is 1. The fourth-order valence-electron chi connectivity index (χ4n) is 2.41. The Hall–Kier alpha value is -2.99. The summed E-state index contributed by atoms with van der Waals surface area (Å²) in [7, 11) is 0. The molecule has 2 heterocycles. The first-order valence-corrected chi connectivity index (χ1v) is 8.48. The number of hydrogen-bond acceptors (Lipinski definition) is 6. The molecule has 1 aromatic carbocycles. The van der Waals surface area contributed by atoms with Gasteiger partial charge in [-0.15, -0.1) is 0 Å². The van der Waals surface area contributed by atoms with Gasteiger partial charge in [-0.2, -0.15) is 11.3 Å². The van der Waals surface area contributed by atoms with E-state index in [1.807, 2.05) is 22.9 Å². The van der Waals surface area contributed by atoms with Crippen LogP contribution in [0.25, 0.3) is 11.1 Å². The van der Waals surface area contributed by atoms with Crippen molar-refractivity contribution >= 4 is 23.4 Å². The zero-order chi connectivity index (χ0) is 17.8. The van der Waals surface area contributed by atoms with E-state index < -0.39 is 0 Å². The van der Waals surface area contributed by atoms with E-state index in [1.165, 1.54) is 13.0 Å². The molecule has 0 aliphatic rings. The Labute approximate surface area is 148 Å². The highest BCUT2D eigenvalue weighted by molar-refractivity contribution is 7.08. The molecule has 2 aromatic heterocycles. The molecule has 126 valence electrons. The summed E-state index contributed by atoms with van der Waals surface area (Å²) in [4.78, 5) is 27.2. The molecule has 0 aliphatic heterocycles. The number of ether oxygens (including phenoxy) is 1. The number of pyridine rings is 1. The van der Waals surface area contributed by atoms with Crippen LogP contribution in [0.1, 0.15) is 33.5 Å². The van der Waals surface area contributed by atoms with Gasteiger partial charge in [0.15, 0.2) is 12.1 Å². The van der Waals surface area contributed by atoms with Gasteiger partial charge >= 0.3 is 0 Å². The predicted molar refractivity (Wildman–Crippen MR) is 95.4 cm³/mol. The van der Waals surface area contributed by atoms with Gasteiger partial charge in [-0.3, -0.25) is 9.59 Å². The van der Waals surface area contributed by atoms with Gasteiger partial charge in [-0.1, -0.05) is 12.1 Å². The van der Waals surface area contributed by atoms with Crippen molar-refractivity contribution in [3.63, 3.8) is 0 Å². The maximum Gasteiger partial charge on any atom is 0.178 e. The number of carbonyl (C=O) groups excluding carboxylic acids is 2. The molecule has 3 rings (SSSR count). The quantitative estimate of drug-likeness (QED) is 0.533. The topological polar surface area (TPSA) is 76.5 Å². The van der Waals surface area contributed by atoms with Crippen molar-refractivity contribution in [2.24, 2.45) is 0 Å². The standard InChI is InChI=1S/C19H15NO4S/c1-12(22)16-6-5-14(13-7-8-25-11-13)17(20-16)10-24-19-4-2-3-18(23)15(19)9-21/h2-9,11,23H,10H2,1H3. The minimum absolute atomic E-state index is 0.0661. The van der Waals surface area contributed by atoms with Crippen LogP contribution in [0.5, 0.6) is 11.5 Å². The largest absolute Gasteiger partial charge is 0.507 e. The van der Waals surface area contributed by atoms with E-state index in [0.29, 0.717) is 17.7 Å². The van der Waals surface area contributed by atoms with Crippen LogP contribution in [0, 0.1) is 0 Å². The van der Waals surface area contributed by atoms with E-state index in [-0.39, 0.29) is 29.5 Å². The lowest BCUT2D eigenvalue weighted by atomic mass is 10.1. The summed E-state index contributed by atoms with van der Waals surface area (Å²) in [6, 6.07) is 10.1. The molecule has 0 amide bonds. The molecule has 0 saturated carbocycles. The number of rotatable bonds is 6. The van der Waals surface area contributed by atoms with Crippen LogP contribution in [-0.4, -0.2) is 22.2 Å². The van der Waals surface area contributed by atoms with Crippen LogP contribution in [0.2, 0.25) is 0 Å². The Morgan fingerprint density at radius 3 is 2.80 bits per heavy atom. The molecule has 6 heteroatoms. The first-order chi connectivity index (χ1) is 12.1. The number of thiophene rings is 1. The van der Waals surface area contributed by atoms with Gasteiger partial charge < -0.3 is 9.84 Å². The van der Waals surface area contributed by atoms with Gasteiger partial charge in [0, 0.05) is 12.5 Å². The molecule has 3 aromatic rings. The zero-order valence-electron chi connectivity index (χ0n) is 13.4. The zero-order valence-corrected chi connectivity index (χ0v) is 14.2. The fourth-order valence-corrected chi connectivity index (χ4v) is 3.07. The average Bonchev–Trinajstić information content (AvgIpc) is 3.14. The number of aromatic nitrogens is 1. The third-order valence-electron chi connectivity index (χ3n) is 3.69. The van der Waals surface area contributed by atoms with Crippen molar-refractivity contribution in [1.82, 2.24) is 4.98 Å². The second kappa shape index (κ2) is 7.27. The molecule has 0 bridgehead atoms. The maximum atomic E-state index is 11.6. The Bertz CT molecular complexity index is 919. The lowest BCUT2D eigenvalue weighted by Crippen LogP contribution is -2.06. The van der Waals surface area contributed by atoms with E-state index in [0.717, 1.165) is 11.1 Å². The first kappa shape index (κ1) is 16.9. The number of phenolic OH excluding ortho intramolecular Hbond substituents is 1. The van der Waals surface area contributed by atoms with Crippen LogP contribution in [0.15, 0.2) is 47.2 Å². The van der Waals surface area contributed by atoms with E-state index in [2.05, 4.69) is 4.98 Å². The maximum absolute atomic E-state index is 11.6. The molecule has 0 aliphatic carbocycles. The minimum Gasteiger partial charge on any atom is -0.507 e. The summed E-state index contributed by atoms with van der Waals surface area (Å²) in [5.74, 6) is -0.0126. The van der Waals surface area contributed by atoms with Gasteiger partial charge in [0.25, 0.3) is 0 Å². The van der Waals surface area contributed by atoms with Crippen molar-refractivity contribution in [3.05, 3.63) is 64.1 Å². The Kier molecular flexibility index (Phi) is 4.90. The molecule has 25 heavy (non-hydrogen) atoms. The number of Topliss-reactive ketones (excluding diaryl/α,β-unsaturated/α-hetero) is 1. The number of carbonyl (C=O) groups is 2.